The van der Waals surface area contributed by atoms with E-state index in [2.05, 4.69) is 11.9 Å². The van der Waals surface area contributed by atoms with E-state index in [9.17, 15) is 22.8 Å². The zero-order valence-corrected chi connectivity index (χ0v) is 20.2. The number of benzene rings is 2. The summed E-state index contributed by atoms with van der Waals surface area (Å²) in [4.78, 5) is 26.7. The summed E-state index contributed by atoms with van der Waals surface area (Å²) in [5.41, 5.74) is -0.206. The lowest BCUT2D eigenvalue weighted by atomic mass is 10.2. The summed E-state index contributed by atoms with van der Waals surface area (Å²) < 4.78 is 50.2. The lowest BCUT2D eigenvalue weighted by molar-refractivity contribution is -0.137. The average molecular weight is 523 g/mol. The first-order chi connectivity index (χ1) is 16.6. The Kier molecular flexibility index (Phi) is 8.57. The van der Waals surface area contributed by atoms with Gasteiger partial charge in [-0.2, -0.15) is 13.2 Å². The van der Waals surface area contributed by atoms with Crippen molar-refractivity contribution in [3.05, 3.63) is 71.2 Å². The number of rotatable bonds is 9. The van der Waals surface area contributed by atoms with E-state index in [4.69, 9.17) is 21.7 Å². The topological polar surface area (TPSA) is 67.9 Å². The molecule has 11 heteroatoms. The smallest absolute Gasteiger partial charge is 0.416 e. The number of hydrogen-bond donors (Lipinski definition) is 1. The molecule has 0 atom stereocenters. The lowest BCUT2D eigenvalue weighted by Gasteiger charge is -2.13. The maximum atomic E-state index is 12.9. The second kappa shape index (κ2) is 11.4. The second-order valence-corrected chi connectivity index (χ2v) is 8.81. The van der Waals surface area contributed by atoms with Crippen LogP contribution in [-0.4, -0.2) is 40.8 Å². The van der Waals surface area contributed by atoms with Crippen LogP contribution >= 0.6 is 24.0 Å². The third-order valence-corrected chi connectivity index (χ3v) is 5.96. The van der Waals surface area contributed by atoms with E-state index in [1.54, 1.807) is 37.3 Å². The van der Waals surface area contributed by atoms with Crippen LogP contribution in [0.3, 0.4) is 0 Å². The molecule has 0 spiro atoms. The Morgan fingerprint density at radius 1 is 1.20 bits per heavy atom. The maximum Gasteiger partial charge on any atom is 0.416 e. The van der Waals surface area contributed by atoms with Crippen LogP contribution in [0, 0.1) is 0 Å². The maximum absolute atomic E-state index is 12.9. The Bertz CT molecular complexity index is 1180. The van der Waals surface area contributed by atoms with Crippen molar-refractivity contribution in [2.45, 2.75) is 13.1 Å². The van der Waals surface area contributed by atoms with Crippen LogP contribution in [0.1, 0.15) is 18.1 Å². The van der Waals surface area contributed by atoms with Gasteiger partial charge in [0.2, 0.25) is 0 Å². The summed E-state index contributed by atoms with van der Waals surface area (Å²) in [5, 5.41) is 2.38. The fourth-order valence-electron chi connectivity index (χ4n) is 3.05. The summed E-state index contributed by atoms with van der Waals surface area (Å²) in [6, 6.07) is 9.24. The molecule has 1 saturated heterocycles. The summed E-state index contributed by atoms with van der Waals surface area (Å²) in [5.74, 6) is -0.247. The molecule has 1 aliphatic rings. The van der Waals surface area contributed by atoms with Gasteiger partial charge in [-0.3, -0.25) is 14.5 Å². The number of carbonyl (C=O) groups excluding carboxylic acids is 2. The van der Waals surface area contributed by atoms with E-state index in [0.717, 1.165) is 12.1 Å². The molecule has 2 aromatic carbocycles. The molecule has 0 aromatic heterocycles. The Labute approximate surface area is 209 Å². The molecule has 35 heavy (non-hydrogen) atoms. The number of ether oxygens (including phenoxy) is 2. The summed E-state index contributed by atoms with van der Waals surface area (Å²) in [6.07, 6.45) is -1.25. The van der Waals surface area contributed by atoms with Gasteiger partial charge in [-0.1, -0.05) is 42.2 Å². The van der Waals surface area contributed by atoms with Gasteiger partial charge in [0, 0.05) is 12.2 Å². The summed E-state index contributed by atoms with van der Waals surface area (Å²) >= 11 is 6.42. The van der Waals surface area contributed by atoms with Crippen molar-refractivity contribution in [2.24, 2.45) is 0 Å². The van der Waals surface area contributed by atoms with Gasteiger partial charge in [-0.15, -0.1) is 6.58 Å². The summed E-state index contributed by atoms with van der Waals surface area (Å²) in [6.45, 7) is 5.59. The van der Waals surface area contributed by atoms with Crippen LogP contribution in [0.5, 0.6) is 11.5 Å². The normalized spacial score (nSPS) is 14.9. The van der Waals surface area contributed by atoms with Crippen LogP contribution in [0.4, 0.5) is 18.9 Å². The van der Waals surface area contributed by atoms with Crippen LogP contribution in [-0.2, 0) is 15.8 Å². The predicted molar refractivity (Wildman–Crippen MR) is 133 cm³/mol. The minimum Gasteiger partial charge on any atom is -0.490 e. The third kappa shape index (κ3) is 6.86. The standard InChI is InChI=1S/C24H21F3N2O4S2/c1-3-10-29-22(31)20(35-23(29)34)12-15-8-9-18(19(11-15)32-4-2)33-14-21(30)28-17-7-5-6-16(13-17)24(25,26)27/h3,5-9,11-13H,1,4,10,14H2,2H3,(H,28,30)/b20-12-. The van der Waals surface area contributed by atoms with E-state index in [-0.39, 0.29) is 17.3 Å². The highest BCUT2D eigenvalue weighted by Gasteiger charge is 2.31. The number of nitrogens with one attached hydrogen (secondary N) is 1. The highest BCUT2D eigenvalue weighted by molar-refractivity contribution is 8.26. The molecule has 0 aliphatic carbocycles. The number of alkyl halides is 3. The zero-order chi connectivity index (χ0) is 25.6. The van der Waals surface area contributed by atoms with Gasteiger partial charge in [0.05, 0.1) is 17.1 Å². The van der Waals surface area contributed by atoms with Gasteiger partial charge in [0.1, 0.15) is 4.32 Å². The van der Waals surface area contributed by atoms with Gasteiger partial charge in [0.15, 0.2) is 18.1 Å². The van der Waals surface area contributed by atoms with Crippen molar-refractivity contribution in [3.8, 4) is 11.5 Å². The van der Waals surface area contributed by atoms with E-state index in [1.165, 1.54) is 28.8 Å². The molecule has 184 valence electrons. The first kappa shape index (κ1) is 26.3. The lowest BCUT2D eigenvalue weighted by Crippen LogP contribution is -2.27. The van der Waals surface area contributed by atoms with E-state index < -0.39 is 24.3 Å². The molecule has 2 amide bonds. The Hall–Kier alpha value is -3.31. The molecule has 3 rings (SSSR count). The van der Waals surface area contributed by atoms with E-state index in [1.807, 2.05) is 0 Å². The second-order valence-electron chi connectivity index (χ2n) is 7.14. The number of nitrogens with zero attached hydrogens (tertiary/aromatic N) is 1. The van der Waals surface area contributed by atoms with Crippen molar-refractivity contribution in [1.29, 1.82) is 0 Å². The molecular formula is C24H21F3N2O4S2. The quantitative estimate of drug-likeness (QED) is 0.266. The number of hydrogen-bond acceptors (Lipinski definition) is 6. The number of anilines is 1. The van der Waals surface area contributed by atoms with Gasteiger partial charge in [0.25, 0.3) is 11.8 Å². The van der Waals surface area contributed by atoms with Crippen molar-refractivity contribution in [2.75, 3.05) is 25.1 Å². The highest BCUT2D eigenvalue weighted by atomic mass is 32.2. The monoisotopic (exact) mass is 522 g/mol. The van der Waals surface area contributed by atoms with Gasteiger partial charge in [-0.05, 0) is 48.9 Å². The van der Waals surface area contributed by atoms with Crippen molar-refractivity contribution < 1.29 is 32.2 Å². The zero-order valence-electron chi connectivity index (χ0n) is 18.6. The minimum atomic E-state index is -4.52. The van der Waals surface area contributed by atoms with Crippen LogP contribution < -0.4 is 14.8 Å². The largest absolute Gasteiger partial charge is 0.490 e. The van der Waals surface area contributed by atoms with Crippen molar-refractivity contribution >= 4 is 51.9 Å². The van der Waals surface area contributed by atoms with Crippen LogP contribution in [0.2, 0.25) is 0 Å². The van der Waals surface area contributed by atoms with Crippen molar-refractivity contribution in [1.82, 2.24) is 4.90 Å². The Balaban J connectivity index is 1.69. The number of thioether (sulfide) groups is 1. The predicted octanol–water partition coefficient (Wildman–Crippen LogP) is 5.51. The first-order valence-corrected chi connectivity index (χ1v) is 11.6. The van der Waals surface area contributed by atoms with E-state index in [0.29, 0.717) is 33.7 Å². The summed E-state index contributed by atoms with van der Waals surface area (Å²) in [7, 11) is 0. The molecule has 1 heterocycles. The molecule has 1 N–H and O–H groups in total. The fraction of sp³-hybridized carbons (Fsp3) is 0.208. The molecular weight excluding hydrogens is 501 g/mol. The molecule has 0 bridgehead atoms. The Morgan fingerprint density at radius 3 is 2.66 bits per heavy atom. The Morgan fingerprint density at radius 2 is 1.97 bits per heavy atom. The van der Waals surface area contributed by atoms with Crippen LogP contribution in [0.25, 0.3) is 6.08 Å². The molecule has 1 aliphatic heterocycles. The van der Waals surface area contributed by atoms with Gasteiger partial charge in [-0.25, -0.2) is 0 Å². The minimum absolute atomic E-state index is 0.00238. The molecule has 2 aromatic rings. The van der Waals surface area contributed by atoms with Crippen molar-refractivity contribution in [3.63, 3.8) is 0 Å². The van der Waals surface area contributed by atoms with E-state index >= 15 is 0 Å². The average Bonchev–Trinajstić information content (AvgIpc) is 3.06. The molecule has 6 nitrogen and oxygen atoms in total. The first-order valence-electron chi connectivity index (χ1n) is 10.4. The SMILES string of the molecule is C=CCN1C(=O)/C(=C/c2ccc(OCC(=O)Nc3cccc(C(F)(F)F)c3)c(OCC)c2)SC1=S. The molecule has 0 saturated carbocycles. The van der Waals surface area contributed by atoms with Gasteiger partial charge >= 0.3 is 6.18 Å². The number of carbonyl (C=O) groups is 2. The molecule has 1 fully saturated rings. The molecule has 0 unspecified atom stereocenters. The highest BCUT2D eigenvalue weighted by Crippen LogP contribution is 2.35. The number of thiocarbonyl (C=S) groups is 1. The number of halogens is 3. The number of amides is 2. The fourth-order valence-corrected chi connectivity index (χ4v) is 4.33. The molecule has 0 radical (unpaired) electrons. The van der Waals surface area contributed by atoms with Gasteiger partial charge < -0.3 is 14.8 Å². The third-order valence-electron chi connectivity index (χ3n) is 4.58. The van der Waals surface area contributed by atoms with Crippen LogP contribution in [0.15, 0.2) is 60.0 Å².